The van der Waals surface area contributed by atoms with Crippen LogP contribution in [-0.2, 0) is 4.79 Å². The van der Waals surface area contributed by atoms with Gasteiger partial charge in [-0.25, -0.2) is 0 Å². The van der Waals surface area contributed by atoms with E-state index in [9.17, 15) is 4.79 Å². The second-order valence-electron chi connectivity index (χ2n) is 4.46. The number of carbonyl (C=O) groups excluding carboxylic acids is 1. The molecular weight excluding hydrogens is 252 g/mol. The second-order valence-corrected chi connectivity index (χ2v) is 4.46. The molecule has 0 radical (unpaired) electrons. The van der Waals surface area contributed by atoms with Gasteiger partial charge < -0.3 is 15.4 Å². The van der Waals surface area contributed by atoms with Gasteiger partial charge in [-0.15, -0.1) is 0 Å². The summed E-state index contributed by atoms with van der Waals surface area (Å²) in [6, 6.07) is 16.7. The molecule has 0 fully saturated rings. The number of anilines is 2. The van der Waals surface area contributed by atoms with E-state index < -0.39 is 0 Å². The highest BCUT2D eigenvalue weighted by Crippen LogP contribution is 2.17. The number of nitrogens with two attached hydrogens (primary N) is 1. The Morgan fingerprint density at radius 3 is 2.60 bits per heavy atom. The Bertz CT molecular complexity index is 570. The SMILES string of the molecule is CN(C(=O)CCOc1ccccc1)c1cccc(N)c1. The summed E-state index contributed by atoms with van der Waals surface area (Å²) in [4.78, 5) is 13.6. The topological polar surface area (TPSA) is 55.6 Å². The molecule has 4 heteroatoms. The number of carbonyl (C=O) groups is 1. The van der Waals surface area contributed by atoms with Gasteiger partial charge in [0.25, 0.3) is 0 Å². The molecule has 0 aliphatic rings. The molecule has 2 aromatic carbocycles. The molecule has 0 aliphatic heterocycles. The Morgan fingerprint density at radius 1 is 1.15 bits per heavy atom. The zero-order chi connectivity index (χ0) is 14.4. The van der Waals surface area contributed by atoms with E-state index in [0.29, 0.717) is 18.7 Å². The van der Waals surface area contributed by atoms with Crippen molar-refractivity contribution in [3.8, 4) is 5.75 Å². The lowest BCUT2D eigenvalue weighted by Gasteiger charge is -2.17. The summed E-state index contributed by atoms with van der Waals surface area (Å²) >= 11 is 0. The van der Waals surface area contributed by atoms with Crippen molar-refractivity contribution in [3.05, 3.63) is 54.6 Å². The van der Waals surface area contributed by atoms with Gasteiger partial charge in [-0.2, -0.15) is 0 Å². The van der Waals surface area contributed by atoms with Crippen molar-refractivity contribution in [1.29, 1.82) is 0 Å². The summed E-state index contributed by atoms with van der Waals surface area (Å²) < 4.78 is 5.51. The van der Waals surface area contributed by atoms with E-state index in [4.69, 9.17) is 10.5 Å². The Kier molecular flexibility index (Phi) is 4.60. The smallest absolute Gasteiger partial charge is 0.230 e. The molecule has 1 amide bonds. The largest absolute Gasteiger partial charge is 0.493 e. The van der Waals surface area contributed by atoms with Crippen LogP contribution in [-0.4, -0.2) is 19.6 Å². The second kappa shape index (κ2) is 6.61. The summed E-state index contributed by atoms with van der Waals surface area (Å²) in [5.74, 6) is 0.762. The van der Waals surface area contributed by atoms with Gasteiger partial charge in [-0.05, 0) is 30.3 Å². The van der Waals surface area contributed by atoms with E-state index in [2.05, 4.69) is 0 Å². The molecule has 0 aliphatic carbocycles. The van der Waals surface area contributed by atoms with Gasteiger partial charge in [0.15, 0.2) is 0 Å². The summed E-state index contributed by atoms with van der Waals surface area (Å²) in [5.41, 5.74) is 7.14. The predicted molar refractivity (Wildman–Crippen MR) is 80.8 cm³/mol. The summed E-state index contributed by atoms with van der Waals surface area (Å²) in [5, 5.41) is 0. The number of nitrogen functional groups attached to an aromatic ring is 1. The normalized spacial score (nSPS) is 10.1. The van der Waals surface area contributed by atoms with E-state index in [1.165, 1.54) is 0 Å². The molecule has 0 aromatic heterocycles. The highest BCUT2D eigenvalue weighted by Gasteiger charge is 2.11. The molecule has 104 valence electrons. The van der Waals surface area contributed by atoms with E-state index >= 15 is 0 Å². The summed E-state index contributed by atoms with van der Waals surface area (Å²) in [6.07, 6.45) is 0.320. The fourth-order valence-electron chi connectivity index (χ4n) is 1.82. The van der Waals surface area contributed by atoms with Crippen molar-refractivity contribution in [2.24, 2.45) is 0 Å². The zero-order valence-electron chi connectivity index (χ0n) is 11.5. The number of rotatable bonds is 5. The van der Waals surface area contributed by atoms with E-state index in [0.717, 1.165) is 11.4 Å². The Morgan fingerprint density at radius 2 is 1.90 bits per heavy atom. The number of nitrogens with zero attached hydrogens (tertiary/aromatic N) is 1. The van der Waals surface area contributed by atoms with E-state index in [1.807, 2.05) is 42.5 Å². The van der Waals surface area contributed by atoms with Crippen LogP contribution in [0.4, 0.5) is 11.4 Å². The molecule has 0 heterocycles. The van der Waals surface area contributed by atoms with Crippen LogP contribution in [0.15, 0.2) is 54.6 Å². The van der Waals surface area contributed by atoms with E-state index in [-0.39, 0.29) is 5.91 Å². The van der Waals surface area contributed by atoms with Crippen molar-refractivity contribution in [2.45, 2.75) is 6.42 Å². The predicted octanol–water partition coefficient (Wildman–Crippen LogP) is 2.70. The molecule has 2 aromatic rings. The van der Waals surface area contributed by atoms with Gasteiger partial charge >= 0.3 is 0 Å². The van der Waals surface area contributed by atoms with Gasteiger partial charge in [0.1, 0.15) is 5.75 Å². The van der Waals surface area contributed by atoms with Crippen molar-refractivity contribution in [1.82, 2.24) is 0 Å². The lowest BCUT2D eigenvalue weighted by atomic mass is 10.2. The van der Waals surface area contributed by atoms with Crippen LogP contribution in [0.5, 0.6) is 5.75 Å². The molecule has 2 N–H and O–H groups in total. The first-order chi connectivity index (χ1) is 9.66. The van der Waals surface area contributed by atoms with Crippen LogP contribution in [0.1, 0.15) is 6.42 Å². The lowest BCUT2D eigenvalue weighted by Crippen LogP contribution is -2.27. The third-order valence-corrected chi connectivity index (χ3v) is 2.96. The maximum atomic E-state index is 12.1. The quantitative estimate of drug-likeness (QED) is 0.850. The molecular formula is C16H18N2O2. The number of para-hydroxylation sites is 1. The number of hydrogen-bond donors (Lipinski definition) is 1. The fourth-order valence-corrected chi connectivity index (χ4v) is 1.82. The first kappa shape index (κ1) is 13.9. The monoisotopic (exact) mass is 270 g/mol. The lowest BCUT2D eigenvalue weighted by molar-refractivity contribution is -0.118. The van der Waals surface area contributed by atoms with Gasteiger partial charge in [0.05, 0.1) is 13.0 Å². The maximum Gasteiger partial charge on any atom is 0.230 e. The molecule has 20 heavy (non-hydrogen) atoms. The van der Waals surface area contributed by atoms with Crippen LogP contribution < -0.4 is 15.4 Å². The molecule has 0 bridgehead atoms. The third-order valence-electron chi connectivity index (χ3n) is 2.96. The molecule has 0 spiro atoms. The fraction of sp³-hybridized carbons (Fsp3) is 0.188. The molecule has 0 saturated carbocycles. The molecule has 0 atom stereocenters. The Balaban J connectivity index is 1.85. The Hall–Kier alpha value is -2.49. The van der Waals surface area contributed by atoms with Gasteiger partial charge in [-0.1, -0.05) is 24.3 Å². The summed E-state index contributed by atoms with van der Waals surface area (Å²) in [7, 11) is 1.74. The molecule has 4 nitrogen and oxygen atoms in total. The standard InChI is InChI=1S/C16H18N2O2/c1-18(14-7-5-6-13(17)12-14)16(19)10-11-20-15-8-3-2-4-9-15/h2-9,12H,10-11,17H2,1H3. The number of amides is 1. The van der Waals surface area contributed by atoms with Crippen molar-refractivity contribution < 1.29 is 9.53 Å². The minimum absolute atomic E-state index is 0.00784. The van der Waals surface area contributed by atoms with Crippen LogP contribution >= 0.6 is 0 Å². The van der Waals surface area contributed by atoms with Crippen molar-refractivity contribution in [2.75, 3.05) is 24.3 Å². The zero-order valence-corrected chi connectivity index (χ0v) is 11.5. The van der Waals surface area contributed by atoms with Crippen LogP contribution in [0, 0.1) is 0 Å². The van der Waals surface area contributed by atoms with Crippen molar-refractivity contribution >= 4 is 17.3 Å². The highest BCUT2D eigenvalue weighted by molar-refractivity contribution is 5.93. The summed E-state index contributed by atoms with van der Waals surface area (Å²) in [6.45, 7) is 0.357. The number of benzene rings is 2. The van der Waals surface area contributed by atoms with Crippen molar-refractivity contribution in [3.63, 3.8) is 0 Å². The molecule has 0 unspecified atom stereocenters. The molecule has 0 saturated heterocycles. The van der Waals surface area contributed by atoms with Gasteiger partial charge in [-0.3, -0.25) is 4.79 Å². The van der Waals surface area contributed by atoms with Gasteiger partial charge in [0, 0.05) is 18.4 Å². The third kappa shape index (κ3) is 3.75. The first-order valence-electron chi connectivity index (χ1n) is 6.47. The highest BCUT2D eigenvalue weighted by atomic mass is 16.5. The Labute approximate surface area is 118 Å². The average molecular weight is 270 g/mol. The number of ether oxygens (including phenoxy) is 1. The minimum Gasteiger partial charge on any atom is -0.493 e. The minimum atomic E-state index is -0.00784. The molecule has 2 rings (SSSR count). The van der Waals surface area contributed by atoms with Crippen LogP contribution in [0.2, 0.25) is 0 Å². The van der Waals surface area contributed by atoms with E-state index in [1.54, 1.807) is 24.1 Å². The maximum absolute atomic E-state index is 12.1. The average Bonchev–Trinajstić information content (AvgIpc) is 2.47. The number of hydrogen-bond acceptors (Lipinski definition) is 3. The van der Waals surface area contributed by atoms with Crippen LogP contribution in [0.25, 0.3) is 0 Å². The van der Waals surface area contributed by atoms with Crippen LogP contribution in [0.3, 0.4) is 0 Å². The first-order valence-corrected chi connectivity index (χ1v) is 6.47. The van der Waals surface area contributed by atoms with Gasteiger partial charge in [0.2, 0.25) is 5.91 Å².